The molecule has 1 aliphatic rings. The third-order valence-corrected chi connectivity index (χ3v) is 5.56. The molecule has 0 saturated heterocycles. The van der Waals surface area contributed by atoms with Crippen molar-refractivity contribution in [3.63, 3.8) is 0 Å². The second kappa shape index (κ2) is 14.1. The fourth-order valence-electron chi connectivity index (χ4n) is 3.90. The molecule has 0 aromatic heterocycles. The van der Waals surface area contributed by atoms with E-state index in [1.165, 1.54) is 35.4 Å². The van der Waals surface area contributed by atoms with Crippen molar-refractivity contribution in [1.82, 2.24) is 10.0 Å². The summed E-state index contributed by atoms with van der Waals surface area (Å²) in [5.41, 5.74) is 4.26. The van der Waals surface area contributed by atoms with Crippen molar-refractivity contribution >= 4 is 12.2 Å². The smallest absolute Gasteiger partial charge is 0.433 e. The Bertz CT molecular complexity index is 571. The Kier molecular flexibility index (Phi) is 12.2. The van der Waals surface area contributed by atoms with Crippen molar-refractivity contribution in [2.24, 2.45) is 0 Å². The van der Waals surface area contributed by atoms with Gasteiger partial charge in [0.15, 0.2) is 0 Å². The molecule has 1 rings (SSSR count). The Hall–Kier alpha value is -1.98. The number of carbonyl (C=O) groups excluding carboxylic acids is 2. The van der Waals surface area contributed by atoms with E-state index >= 15 is 0 Å². The van der Waals surface area contributed by atoms with Gasteiger partial charge in [0, 0.05) is 0 Å². The van der Waals surface area contributed by atoms with E-state index in [0.29, 0.717) is 0 Å². The molecular formula is C24H42N2O4. The van der Waals surface area contributed by atoms with E-state index in [1.54, 1.807) is 0 Å². The number of unbranched alkanes of at least 4 members (excludes halogenated alkanes) is 4. The van der Waals surface area contributed by atoms with Crippen LogP contribution in [0.3, 0.4) is 0 Å². The van der Waals surface area contributed by atoms with Gasteiger partial charge < -0.3 is 9.47 Å². The average Bonchev–Trinajstić information content (AvgIpc) is 2.77. The number of ether oxygens (including phenoxy) is 2. The van der Waals surface area contributed by atoms with Gasteiger partial charge in [-0.05, 0) is 62.5 Å². The molecule has 0 atom stereocenters. The van der Waals surface area contributed by atoms with Crippen molar-refractivity contribution in [3.8, 4) is 0 Å². The van der Waals surface area contributed by atoms with Gasteiger partial charge in [-0.2, -0.15) is 10.0 Å². The topological polar surface area (TPSA) is 59.1 Å². The van der Waals surface area contributed by atoms with E-state index in [-0.39, 0.29) is 0 Å². The van der Waals surface area contributed by atoms with Crippen molar-refractivity contribution in [3.05, 3.63) is 22.5 Å². The fraction of sp³-hybridized carbons (Fsp3) is 0.750. The number of amides is 2. The Morgan fingerprint density at radius 1 is 0.600 bits per heavy atom. The lowest BCUT2D eigenvalue weighted by molar-refractivity contribution is 0.0206. The van der Waals surface area contributed by atoms with Gasteiger partial charge in [0.25, 0.3) is 0 Å². The summed E-state index contributed by atoms with van der Waals surface area (Å²) in [6, 6.07) is 0. The molecule has 0 saturated carbocycles. The number of carbonyl (C=O) groups is 2. The maximum Gasteiger partial charge on any atom is 0.433 e. The number of allylic oxidation sites excluding steroid dienone is 4. The summed E-state index contributed by atoms with van der Waals surface area (Å²) in [7, 11) is 2.73. The number of hydrogen-bond donors (Lipinski definition) is 0. The van der Waals surface area contributed by atoms with Gasteiger partial charge in [-0.15, -0.1) is 0 Å². The molecule has 0 aliphatic carbocycles. The van der Waals surface area contributed by atoms with Crippen molar-refractivity contribution in [2.45, 2.75) is 105 Å². The molecular weight excluding hydrogens is 380 g/mol. The molecule has 0 bridgehead atoms. The van der Waals surface area contributed by atoms with Crippen LogP contribution in [0.25, 0.3) is 0 Å². The summed E-state index contributed by atoms with van der Waals surface area (Å²) in [6.45, 7) is 8.63. The maximum atomic E-state index is 12.9. The summed E-state index contributed by atoms with van der Waals surface area (Å²) < 4.78 is 10.3. The highest BCUT2D eigenvalue weighted by Gasteiger charge is 2.40. The molecule has 0 fully saturated rings. The Labute approximate surface area is 183 Å². The van der Waals surface area contributed by atoms with E-state index in [2.05, 4.69) is 27.7 Å². The van der Waals surface area contributed by atoms with E-state index in [9.17, 15) is 9.59 Å². The van der Waals surface area contributed by atoms with Gasteiger partial charge >= 0.3 is 12.2 Å². The van der Waals surface area contributed by atoms with Crippen LogP contribution in [0.4, 0.5) is 9.59 Å². The van der Waals surface area contributed by atoms with E-state index in [1.807, 2.05) is 0 Å². The van der Waals surface area contributed by atoms with E-state index in [4.69, 9.17) is 9.47 Å². The lowest BCUT2D eigenvalue weighted by Gasteiger charge is -2.42. The molecule has 0 spiro atoms. The quantitative estimate of drug-likeness (QED) is 0.330. The maximum absolute atomic E-state index is 12.9. The first kappa shape index (κ1) is 26.1. The molecule has 30 heavy (non-hydrogen) atoms. The molecule has 6 heteroatoms. The van der Waals surface area contributed by atoms with E-state index < -0.39 is 12.2 Å². The van der Waals surface area contributed by atoms with Crippen molar-refractivity contribution in [1.29, 1.82) is 0 Å². The van der Waals surface area contributed by atoms with Gasteiger partial charge in [0.2, 0.25) is 0 Å². The molecule has 2 amide bonds. The first-order chi connectivity index (χ1) is 14.5. The molecule has 0 N–H and O–H groups in total. The Morgan fingerprint density at radius 2 is 0.900 bits per heavy atom. The lowest BCUT2D eigenvalue weighted by Crippen LogP contribution is -2.51. The minimum atomic E-state index is -0.538. The standard InChI is InChI=1S/C24H42N2O4/c1-7-11-15-19-20(16-12-8-2)22(18-14-10-4)26(24(28)30-6)25(23(27)29-5)21(19)17-13-9-3/h7-18H2,1-6H3. The molecule has 0 radical (unpaired) electrons. The summed E-state index contributed by atoms with van der Waals surface area (Å²) >= 11 is 0. The number of nitrogens with zero attached hydrogens (tertiary/aromatic N) is 2. The SMILES string of the molecule is CCCCC1=C(CCCC)N(C(=O)OC)N(C(=O)OC)C(CCCC)=C1CCCC. The molecule has 1 heterocycles. The summed E-state index contributed by atoms with van der Waals surface area (Å²) in [6.07, 6.45) is 10.4. The van der Waals surface area contributed by atoms with Crippen LogP contribution in [0.5, 0.6) is 0 Å². The monoisotopic (exact) mass is 422 g/mol. The molecule has 172 valence electrons. The second-order valence-corrected chi connectivity index (χ2v) is 7.83. The zero-order valence-electron chi connectivity index (χ0n) is 20.0. The average molecular weight is 423 g/mol. The van der Waals surface area contributed by atoms with Crippen molar-refractivity contribution < 1.29 is 19.1 Å². The first-order valence-electron chi connectivity index (χ1n) is 11.7. The minimum Gasteiger partial charge on any atom is -0.451 e. The van der Waals surface area contributed by atoms with Crippen LogP contribution in [-0.2, 0) is 9.47 Å². The molecule has 0 aromatic rings. The van der Waals surface area contributed by atoms with Gasteiger partial charge in [-0.25, -0.2) is 9.59 Å². The third kappa shape index (κ3) is 6.51. The molecule has 0 unspecified atom stereocenters. The highest BCUT2D eigenvalue weighted by Crippen LogP contribution is 2.41. The molecule has 1 aliphatic heterocycles. The first-order valence-corrected chi connectivity index (χ1v) is 11.7. The zero-order valence-corrected chi connectivity index (χ0v) is 20.0. The number of rotatable bonds is 12. The van der Waals surface area contributed by atoms with Crippen LogP contribution >= 0.6 is 0 Å². The van der Waals surface area contributed by atoms with Gasteiger partial charge in [0.1, 0.15) is 0 Å². The predicted octanol–water partition coefficient (Wildman–Crippen LogP) is 7.32. The number of methoxy groups -OCH3 is 2. The largest absolute Gasteiger partial charge is 0.451 e. The van der Waals surface area contributed by atoms with Gasteiger partial charge in [-0.3, -0.25) is 0 Å². The van der Waals surface area contributed by atoms with Gasteiger partial charge in [0.05, 0.1) is 25.6 Å². The number of hydrazine groups is 1. The van der Waals surface area contributed by atoms with Crippen LogP contribution in [0, 0.1) is 0 Å². The summed E-state index contributed by atoms with van der Waals surface area (Å²) in [4.78, 5) is 25.9. The van der Waals surface area contributed by atoms with Crippen LogP contribution in [0.1, 0.15) is 105 Å². The predicted molar refractivity (Wildman–Crippen MR) is 121 cm³/mol. The van der Waals surface area contributed by atoms with Crippen LogP contribution in [0.15, 0.2) is 22.5 Å². The number of hydrogen-bond acceptors (Lipinski definition) is 4. The molecule has 6 nitrogen and oxygen atoms in total. The second-order valence-electron chi connectivity index (χ2n) is 7.83. The zero-order chi connectivity index (χ0) is 22.5. The Balaban J connectivity index is 3.76. The lowest BCUT2D eigenvalue weighted by atomic mass is 9.88. The normalized spacial score (nSPS) is 14.5. The summed E-state index contributed by atoms with van der Waals surface area (Å²) in [5.74, 6) is 0. The van der Waals surface area contributed by atoms with Crippen molar-refractivity contribution in [2.75, 3.05) is 14.2 Å². The highest BCUT2D eigenvalue weighted by molar-refractivity contribution is 5.79. The van der Waals surface area contributed by atoms with Gasteiger partial charge in [-0.1, -0.05) is 53.4 Å². The molecule has 0 aromatic carbocycles. The van der Waals surface area contributed by atoms with Crippen LogP contribution in [-0.4, -0.2) is 36.4 Å². The van der Waals surface area contributed by atoms with Crippen LogP contribution in [0.2, 0.25) is 0 Å². The van der Waals surface area contributed by atoms with E-state index in [0.717, 1.165) is 88.4 Å². The third-order valence-electron chi connectivity index (χ3n) is 5.56. The highest BCUT2D eigenvalue weighted by atomic mass is 16.6. The van der Waals surface area contributed by atoms with Crippen LogP contribution < -0.4 is 0 Å². The Morgan fingerprint density at radius 3 is 1.17 bits per heavy atom. The fourth-order valence-corrected chi connectivity index (χ4v) is 3.90. The minimum absolute atomic E-state index is 0.538. The summed E-state index contributed by atoms with van der Waals surface area (Å²) in [5, 5.41) is 2.90.